The van der Waals surface area contributed by atoms with Crippen LogP contribution in [0, 0.1) is 0 Å². The normalized spacial score (nSPS) is 11.6. The molecule has 0 aliphatic rings. The van der Waals surface area contributed by atoms with Gasteiger partial charge >= 0.3 is 6.18 Å². The van der Waals surface area contributed by atoms with E-state index in [1.165, 1.54) is 12.1 Å². The lowest BCUT2D eigenvalue weighted by atomic mass is 10.1. The van der Waals surface area contributed by atoms with Crippen LogP contribution in [0.2, 0.25) is 0 Å². The van der Waals surface area contributed by atoms with E-state index < -0.39 is 11.7 Å². The van der Waals surface area contributed by atoms with E-state index in [4.69, 9.17) is 0 Å². The number of phenols is 1. The van der Waals surface area contributed by atoms with Crippen LogP contribution in [0.5, 0.6) is 5.75 Å². The number of nitrogens with one attached hydrogen (secondary N) is 1. The maximum absolute atomic E-state index is 12.8. The number of para-hydroxylation sites is 1. The number of aromatic hydroxyl groups is 1. The third-order valence-electron chi connectivity index (χ3n) is 5.31. The van der Waals surface area contributed by atoms with Crippen LogP contribution in [-0.2, 0) is 23.8 Å². The fraction of sp³-hybridized carbons (Fsp3) is 0.160. The van der Waals surface area contributed by atoms with E-state index in [0.717, 1.165) is 34.4 Å². The highest BCUT2D eigenvalue weighted by molar-refractivity contribution is 6.05. The van der Waals surface area contributed by atoms with Crippen molar-refractivity contribution in [2.45, 2.75) is 25.9 Å². The summed E-state index contributed by atoms with van der Waals surface area (Å²) in [6.07, 6.45) is -3.86. The first-order valence-electron chi connectivity index (χ1n) is 10.2. The smallest absolute Gasteiger partial charge is 0.416 e. The van der Waals surface area contributed by atoms with Crippen LogP contribution in [0.1, 0.15) is 23.7 Å². The number of carbonyl (C=O) groups is 1. The number of hydrogen-bond donors (Lipinski definition) is 2. The van der Waals surface area contributed by atoms with E-state index in [2.05, 4.69) is 5.32 Å². The molecule has 2 N–H and O–H groups in total. The molecule has 0 unspecified atom stereocenters. The number of anilines is 1. The third-order valence-corrected chi connectivity index (χ3v) is 5.31. The summed E-state index contributed by atoms with van der Waals surface area (Å²) in [5, 5.41) is 13.8. The Morgan fingerprint density at radius 1 is 1.00 bits per heavy atom. The first-order chi connectivity index (χ1) is 15.3. The average Bonchev–Trinajstić information content (AvgIpc) is 3.06. The predicted molar refractivity (Wildman–Crippen MR) is 118 cm³/mol. The summed E-state index contributed by atoms with van der Waals surface area (Å²) >= 11 is 0. The minimum Gasteiger partial charge on any atom is -0.508 e. The van der Waals surface area contributed by atoms with Crippen molar-refractivity contribution in [3.63, 3.8) is 0 Å². The Morgan fingerprint density at radius 3 is 2.31 bits per heavy atom. The maximum Gasteiger partial charge on any atom is 0.416 e. The second kappa shape index (κ2) is 8.42. The minimum atomic E-state index is -4.42. The summed E-state index contributed by atoms with van der Waals surface area (Å²) in [7, 11) is 0. The molecule has 0 radical (unpaired) electrons. The average molecular weight is 438 g/mol. The van der Waals surface area contributed by atoms with Crippen LogP contribution in [0.25, 0.3) is 16.6 Å². The zero-order valence-corrected chi connectivity index (χ0v) is 17.3. The SMILES string of the molecule is CCc1c(NC(=O)Cc2ccc(C(F)(F)F)cc2)c2ccc(O)cc2n1-c1ccccc1. The molecule has 0 saturated carbocycles. The van der Waals surface area contributed by atoms with Crippen molar-refractivity contribution in [1.29, 1.82) is 0 Å². The Balaban J connectivity index is 1.69. The molecule has 0 bridgehead atoms. The monoisotopic (exact) mass is 438 g/mol. The molecule has 1 amide bonds. The molecular formula is C25H21F3N2O2. The van der Waals surface area contributed by atoms with Crippen LogP contribution < -0.4 is 5.32 Å². The number of amides is 1. The molecule has 164 valence electrons. The highest BCUT2D eigenvalue weighted by Gasteiger charge is 2.30. The number of fused-ring (bicyclic) bond motifs is 1. The van der Waals surface area contributed by atoms with Gasteiger partial charge in [-0.3, -0.25) is 4.79 Å². The van der Waals surface area contributed by atoms with Gasteiger partial charge in [0.05, 0.1) is 23.2 Å². The first-order valence-corrected chi connectivity index (χ1v) is 10.2. The lowest BCUT2D eigenvalue weighted by Crippen LogP contribution is -2.16. The van der Waals surface area contributed by atoms with Gasteiger partial charge in [0, 0.05) is 22.8 Å². The van der Waals surface area contributed by atoms with Crippen molar-refractivity contribution in [2.24, 2.45) is 0 Å². The Hall–Kier alpha value is -3.74. The second-order valence-corrected chi connectivity index (χ2v) is 7.47. The molecule has 7 heteroatoms. The topological polar surface area (TPSA) is 54.3 Å². The van der Waals surface area contributed by atoms with E-state index >= 15 is 0 Å². The Labute approximate surface area is 182 Å². The van der Waals surface area contributed by atoms with Gasteiger partial charge in [0.25, 0.3) is 0 Å². The standard InChI is InChI=1S/C25H21F3N2O2/c1-2-21-24(29-23(32)14-16-8-10-17(11-9-16)25(26,27)28)20-13-12-19(31)15-22(20)30(21)18-6-4-3-5-7-18/h3-13,15,31H,2,14H2,1H3,(H,29,32). The number of rotatable bonds is 5. The molecule has 0 aliphatic carbocycles. The Morgan fingerprint density at radius 2 is 1.69 bits per heavy atom. The fourth-order valence-electron chi connectivity index (χ4n) is 3.86. The molecule has 3 aromatic carbocycles. The zero-order valence-electron chi connectivity index (χ0n) is 17.3. The van der Waals surface area contributed by atoms with Crippen molar-refractivity contribution < 1.29 is 23.1 Å². The Kier molecular flexibility index (Phi) is 5.65. The summed E-state index contributed by atoms with van der Waals surface area (Å²) in [5.74, 6) is -0.225. The van der Waals surface area contributed by atoms with Gasteiger partial charge in [-0.1, -0.05) is 37.3 Å². The zero-order chi connectivity index (χ0) is 22.9. The summed E-state index contributed by atoms with van der Waals surface area (Å²) in [6, 6.07) is 19.1. The van der Waals surface area contributed by atoms with Crippen molar-refractivity contribution in [3.8, 4) is 11.4 Å². The molecule has 0 atom stereocenters. The summed E-state index contributed by atoms with van der Waals surface area (Å²) in [4.78, 5) is 12.8. The van der Waals surface area contributed by atoms with Gasteiger partial charge < -0.3 is 15.0 Å². The van der Waals surface area contributed by atoms with Crippen LogP contribution in [0.15, 0.2) is 72.8 Å². The number of nitrogens with zero attached hydrogens (tertiary/aromatic N) is 1. The van der Waals surface area contributed by atoms with Gasteiger partial charge in [-0.05, 0) is 48.4 Å². The van der Waals surface area contributed by atoms with Gasteiger partial charge in [0.1, 0.15) is 5.75 Å². The molecule has 0 saturated heterocycles. The number of aromatic nitrogens is 1. The quantitative estimate of drug-likeness (QED) is 0.396. The van der Waals surface area contributed by atoms with Gasteiger partial charge in [-0.2, -0.15) is 13.2 Å². The van der Waals surface area contributed by atoms with E-state index in [0.29, 0.717) is 17.7 Å². The predicted octanol–water partition coefficient (Wildman–Crippen LogP) is 6.10. The van der Waals surface area contributed by atoms with Crippen LogP contribution >= 0.6 is 0 Å². The van der Waals surface area contributed by atoms with Crippen molar-refractivity contribution in [1.82, 2.24) is 4.57 Å². The summed E-state index contributed by atoms with van der Waals surface area (Å²) in [6.45, 7) is 1.97. The lowest BCUT2D eigenvalue weighted by Gasteiger charge is -2.12. The largest absolute Gasteiger partial charge is 0.508 e. The Bertz CT molecular complexity index is 1260. The summed E-state index contributed by atoms with van der Waals surface area (Å²) < 4.78 is 40.3. The molecule has 1 heterocycles. The number of halogens is 3. The minimum absolute atomic E-state index is 0.0581. The first kappa shape index (κ1) is 21.5. The fourth-order valence-corrected chi connectivity index (χ4v) is 3.86. The molecule has 32 heavy (non-hydrogen) atoms. The van der Waals surface area contributed by atoms with Crippen molar-refractivity contribution in [2.75, 3.05) is 5.32 Å². The van der Waals surface area contributed by atoms with Gasteiger partial charge in [0.15, 0.2) is 0 Å². The highest BCUT2D eigenvalue weighted by atomic mass is 19.4. The highest BCUT2D eigenvalue weighted by Crippen LogP contribution is 2.36. The molecule has 4 aromatic rings. The third kappa shape index (κ3) is 4.19. The van der Waals surface area contributed by atoms with E-state index in [1.54, 1.807) is 18.2 Å². The molecule has 0 aliphatic heterocycles. The molecule has 0 fully saturated rings. The van der Waals surface area contributed by atoms with Gasteiger partial charge in [0.2, 0.25) is 5.91 Å². The van der Waals surface area contributed by atoms with Crippen LogP contribution in [0.4, 0.5) is 18.9 Å². The molecule has 4 nitrogen and oxygen atoms in total. The van der Waals surface area contributed by atoms with E-state index in [9.17, 15) is 23.1 Å². The van der Waals surface area contributed by atoms with Crippen molar-refractivity contribution in [3.05, 3.63) is 89.6 Å². The van der Waals surface area contributed by atoms with E-state index in [1.807, 2.05) is 41.8 Å². The number of carbonyl (C=O) groups excluding carboxylic acids is 1. The molecule has 4 rings (SSSR count). The molecular weight excluding hydrogens is 417 g/mol. The maximum atomic E-state index is 12.8. The van der Waals surface area contributed by atoms with E-state index in [-0.39, 0.29) is 18.1 Å². The van der Waals surface area contributed by atoms with Crippen molar-refractivity contribution >= 4 is 22.5 Å². The number of phenolic OH excluding ortho intramolecular Hbond substituents is 1. The number of benzene rings is 3. The van der Waals surface area contributed by atoms with Crippen LogP contribution in [-0.4, -0.2) is 15.6 Å². The lowest BCUT2D eigenvalue weighted by molar-refractivity contribution is -0.137. The number of hydrogen-bond acceptors (Lipinski definition) is 2. The molecule has 0 spiro atoms. The van der Waals surface area contributed by atoms with Gasteiger partial charge in [-0.25, -0.2) is 0 Å². The number of alkyl halides is 3. The second-order valence-electron chi connectivity index (χ2n) is 7.47. The molecule has 1 aromatic heterocycles. The summed E-state index contributed by atoms with van der Waals surface area (Å²) in [5.41, 5.74) is 2.86. The van der Waals surface area contributed by atoms with Gasteiger partial charge in [-0.15, -0.1) is 0 Å². The van der Waals surface area contributed by atoms with Crippen LogP contribution in [0.3, 0.4) is 0 Å².